The molecule has 0 atom stereocenters. The van der Waals surface area contributed by atoms with Crippen LogP contribution in [0.25, 0.3) is 5.52 Å². The molecule has 0 saturated heterocycles. The first-order valence-electron chi connectivity index (χ1n) is 6.35. The Hall–Kier alpha value is -1.62. The van der Waals surface area contributed by atoms with Crippen molar-refractivity contribution in [3.8, 4) is 0 Å². The lowest BCUT2D eigenvalue weighted by molar-refractivity contribution is -0.0335. The van der Waals surface area contributed by atoms with Gasteiger partial charge in [-0.3, -0.25) is 4.40 Å². The number of nitrogens with zero attached hydrogens (tertiary/aromatic N) is 3. The highest BCUT2D eigenvalue weighted by Gasteiger charge is 2.41. The lowest BCUT2D eigenvalue weighted by atomic mass is 9.72. The molecule has 2 heterocycles. The molecular formula is C13H18N4O. The number of aryl methyl sites for hydroxylation is 1. The third-order valence-electron chi connectivity index (χ3n) is 3.75. The second kappa shape index (κ2) is 3.68. The van der Waals surface area contributed by atoms with Crippen LogP contribution in [0.4, 0.5) is 5.82 Å². The number of hydrogen-bond acceptors (Lipinski definition) is 4. The highest BCUT2D eigenvalue weighted by molar-refractivity contribution is 5.69. The normalized spacial score (nSPS) is 27.4. The Labute approximate surface area is 106 Å². The Balaban J connectivity index is 2.11. The van der Waals surface area contributed by atoms with Gasteiger partial charge in [-0.2, -0.15) is 0 Å². The van der Waals surface area contributed by atoms with Crippen molar-refractivity contribution in [3.05, 3.63) is 23.9 Å². The first-order chi connectivity index (χ1) is 8.52. The maximum Gasteiger partial charge on any atom is 0.149 e. The van der Waals surface area contributed by atoms with E-state index >= 15 is 0 Å². The summed E-state index contributed by atoms with van der Waals surface area (Å²) in [4.78, 5) is 8.82. The van der Waals surface area contributed by atoms with Gasteiger partial charge in [0.05, 0.1) is 11.3 Å². The third-order valence-corrected chi connectivity index (χ3v) is 3.75. The molecule has 0 unspecified atom stereocenters. The lowest BCUT2D eigenvalue weighted by Crippen LogP contribution is -2.40. The van der Waals surface area contributed by atoms with Crippen LogP contribution in [-0.4, -0.2) is 25.1 Å². The summed E-state index contributed by atoms with van der Waals surface area (Å²) in [5, 5.41) is 9.86. The van der Waals surface area contributed by atoms with Crippen LogP contribution >= 0.6 is 0 Å². The van der Waals surface area contributed by atoms with E-state index in [1.54, 1.807) is 6.20 Å². The van der Waals surface area contributed by atoms with Gasteiger partial charge in [0.1, 0.15) is 17.2 Å². The molecule has 5 heteroatoms. The predicted octanol–water partition coefficient (Wildman–Crippen LogP) is 1.50. The molecule has 3 N–H and O–H groups in total. The summed E-state index contributed by atoms with van der Waals surface area (Å²) < 4.78 is 2.03. The zero-order valence-electron chi connectivity index (χ0n) is 10.7. The van der Waals surface area contributed by atoms with Crippen LogP contribution in [0.2, 0.25) is 0 Å². The maximum absolute atomic E-state index is 9.86. The summed E-state index contributed by atoms with van der Waals surface area (Å²) in [7, 11) is 0. The van der Waals surface area contributed by atoms with Crippen molar-refractivity contribution < 1.29 is 5.11 Å². The first-order valence-corrected chi connectivity index (χ1v) is 6.35. The van der Waals surface area contributed by atoms with Crippen LogP contribution in [0, 0.1) is 0 Å². The van der Waals surface area contributed by atoms with Gasteiger partial charge < -0.3 is 10.8 Å². The Morgan fingerprint density at radius 2 is 2.28 bits per heavy atom. The maximum atomic E-state index is 9.86. The van der Waals surface area contributed by atoms with Gasteiger partial charge in [-0.1, -0.05) is 6.92 Å². The molecule has 3 rings (SSSR count). The SMILES string of the molecule is CCc1nc([C@H]2C[C@@](C)(O)C2)n2ccnc(N)c12. The van der Waals surface area contributed by atoms with Gasteiger partial charge in [0.2, 0.25) is 0 Å². The molecule has 0 amide bonds. The van der Waals surface area contributed by atoms with Crippen LogP contribution in [0.15, 0.2) is 12.4 Å². The second-order valence-corrected chi connectivity index (χ2v) is 5.40. The van der Waals surface area contributed by atoms with E-state index in [-0.39, 0.29) is 0 Å². The lowest BCUT2D eigenvalue weighted by Gasteiger charge is -2.40. The summed E-state index contributed by atoms with van der Waals surface area (Å²) in [6.45, 7) is 3.94. The minimum atomic E-state index is -0.540. The molecule has 2 aromatic rings. The molecule has 1 aliphatic rings. The standard InChI is InChI=1S/C13H18N4O/c1-3-9-10-11(14)15-4-5-17(10)12(16-9)8-6-13(2,18)7-8/h4-5,8,18H,3,6-7H2,1-2H3,(H2,14,15)/t8-,13+. The van der Waals surface area contributed by atoms with Crippen LogP contribution in [0.5, 0.6) is 0 Å². The fraction of sp³-hybridized carbons (Fsp3) is 0.538. The number of fused-ring (bicyclic) bond motifs is 1. The Morgan fingerprint density at radius 1 is 1.56 bits per heavy atom. The summed E-state index contributed by atoms with van der Waals surface area (Å²) in [6, 6.07) is 0. The molecule has 5 nitrogen and oxygen atoms in total. The minimum absolute atomic E-state index is 0.314. The number of anilines is 1. The molecule has 0 aliphatic heterocycles. The van der Waals surface area contributed by atoms with Gasteiger partial charge in [0, 0.05) is 18.3 Å². The van der Waals surface area contributed by atoms with Crippen LogP contribution < -0.4 is 5.73 Å². The number of nitrogen functional groups attached to an aromatic ring is 1. The fourth-order valence-electron chi connectivity index (χ4n) is 2.88. The van der Waals surface area contributed by atoms with E-state index in [0.29, 0.717) is 11.7 Å². The molecule has 1 fully saturated rings. The van der Waals surface area contributed by atoms with Crippen LogP contribution in [0.1, 0.15) is 44.1 Å². The van der Waals surface area contributed by atoms with Crippen molar-refractivity contribution >= 4 is 11.3 Å². The average Bonchev–Trinajstić information content (AvgIpc) is 2.65. The number of aromatic nitrogens is 3. The van der Waals surface area contributed by atoms with E-state index < -0.39 is 5.60 Å². The third kappa shape index (κ3) is 1.58. The van der Waals surface area contributed by atoms with E-state index in [2.05, 4.69) is 16.9 Å². The van der Waals surface area contributed by atoms with Gasteiger partial charge in [0.15, 0.2) is 0 Å². The molecule has 96 valence electrons. The monoisotopic (exact) mass is 246 g/mol. The van der Waals surface area contributed by atoms with Crippen LogP contribution in [0.3, 0.4) is 0 Å². The van der Waals surface area contributed by atoms with E-state index in [9.17, 15) is 5.11 Å². The number of nitrogens with two attached hydrogens (primary N) is 1. The topological polar surface area (TPSA) is 76.4 Å². The van der Waals surface area contributed by atoms with Crippen molar-refractivity contribution in [1.82, 2.24) is 14.4 Å². The van der Waals surface area contributed by atoms with Crippen molar-refractivity contribution in [3.63, 3.8) is 0 Å². The molecule has 2 aromatic heterocycles. The summed E-state index contributed by atoms with van der Waals surface area (Å²) in [6.07, 6.45) is 5.96. The van der Waals surface area contributed by atoms with Gasteiger partial charge in [0.25, 0.3) is 0 Å². The van der Waals surface area contributed by atoms with Crippen LogP contribution in [-0.2, 0) is 6.42 Å². The molecule has 1 saturated carbocycles. The van der Waals surface area contributed by atoms with E-state index in [0.717, 1.165) is 36.3 Å². The van der Waals surface area contributed by atoms with E-state index in [1.807, 2.05) is 17.5 Å². The molecule has 1 aliphatic carbocycles. The summed E-state index contributed by atoms with van der Waals surface area (Å²) in [5.41, 5.74) is 7.30. The minimum Gasteiger partial charge on any atom is -0.390 e. The molecule has 0 spiro atoms. The number of rotatable bonds is 2. The predicted molar refractivity (Wildman–Crippen MR) is 69.4 cm³/mol. The Morgan fingerprint density at radius 3 is 2.89 bits per heavy atom. The first kappa shape index (κ1) is 11.5. The van der Waals surface area contributed by atoms with E-state index in [1.165, 1.54) is 0 Å². The van der Waals surface area contributed by atoms with Gasteiger partial charge in [-0.05, 0) is 26.2 Å². The number of imidazole rings is 1. The fourth-order valence-corrected chi connectivity index (χ4v) is 2.88. The second-order valence-electron chi connectivity index (χ2n) is 5.40. The van der Waals surface area contributed by atoms with Gasteiger partial charge in [-0.15, -0.1) is 0 Å². The van der Waals surface area contributed by atoms with Gasteiger partial charge in [-0.25, -0.2) is 9.97 Å². The molecule has 0 bridgehead atoms. The number of hydrogen-bond donors (Lipinski definition) is 2. The van der Waals surface area contributed by atoms with Crippen molar-refractivity contribution in [2.24, 2.45) is 0 Å². The van der Waals surface area contributed by atoms with Crippen molar-refractivity contribution in [2.45, 2.75) is 44.6 Å². The largest absolute Gasteiger partial charge is 0.390 e. The van der Waals surface area contributed by atoms with Crippen molar-refractivity contribution in [2.75, 3.05) is 5.73 Å². The zero-order valence-corrected chi connectivity index (χ0v) is 10.7. The number of aliphatic hydroxyl groups is 1. The smallest absolute Gasteiger partial charge is 0.149 e. The Bertz CT molecular complexity index is 594. The summed E-state index contributed by atoms with van der Waals surface area (Å²) in [5.74, 6) is 1.84. The molecule has 0 aromatic carbocycles. The molecular weight excluding hydrogens is 228 g/mol. The molecule has 0 radical (unpaired) electrons. The highest BCUT2D eigenvalue weighted by Crippen LogP contribution is 2.44. The average molecular weight is 246 g/mol. The quantitative estimate of drug-likeness (QED) is 0.842. The Kier molecular flexibility index (Phi) is 2.35. The zero-order chi connectivity index (χ0) is 12.9. The van der Waals surface area contributed by atoms with E-state index in [4.69, 9.17) is 5.73 Å². The van der Waals surface area contributed by atoms with Crippen molar-refractivity contribution in [1.29, 1.82) is 0 Å². The molecule has 18 heavy (non-hydrogen) atoms. The summed E-state index contributed by atoms with van der Waals surface area (Å²) >= 11 is 0. The van der Waals surface area contributed by atoms with Gasteiger partial charge >= 0.3 is 0 Å². The highest BCUT2D eigenvalue weighted by atomic mass is 16.3.